The number of aryl methyl sites for hydroxylation is 2. The monoisotopic (exact) mass is 290 g/mol. The molecule has 2 aromatic heterocycles. The summed E-state index contributed by atoms with van der Waals surface area (Å²) in [6.07, 6.45) is 3.12. The number of benzene rings is 2. The van der Waals surface area contributed by atoms with E-state index in [1.807, 2.05) is 50.2 Å². The second-order valence-corrected chi connectivity index (χ2v) is 5.50. The maximum Gasteiger partial charge on any atom is 0.339 e. The fraction of sp³-hybridized carbons (Fsp3) is 0.118. The van der Waals surface area contributed by atoms with E-state index in [1.165, 1.54) is 0 Å². The third kappa shape index (κ3) is 1.83. The Balaban J connectivity index is 1.88. The van der Waals surface area contributed by atoms with Crippen LogP contribution in [0.5, 0.6) is 0 Å². The Hall–Kier alpha value is -2.95. The number of hydrogen-bond acceptors (Lipinski definition) is 3. The minimum absolute atomic E-state index is 0.183. The SMILES string of the molecule is Cc1ccc2c(c1)ncn2C(=O)n1cnc2cc(C)ccc21. The Kier molecular flexibility index (Phi) is 2.63. The first kappa shape index (κ1) is 12.8. The van der Waals surface area contributed by atoms with Gasteiger partial charge in [0.05, 0.1) is 22.1 Å². The molecule has 2 heterocycles. The van der Waals surface area contributed by atoms with Crippen LogP contribution in [0.4, 0.5) is 4.79 Å². The summed E-state index contributed by atoms with van der Waals surface area (Å²) in [6.45, 7) is 4.01. The maximum absolute atomic E-state index is 12.8. The van der Waals surface area contributed by atoms with E-state index in [2.05, 4.69) is 9.97 Å². The molecule has 0 saturated heterocycles. The summed E-state index contributed by atoms with van der Waals surface area (Å²) in [4.78, 5) is 21.4. The molecule has 22 heavy (non-hydrogen) atoms. The molecule has 5 heteroatoms. The zero-order valence-electron chi connectivity index (χ0n) is 12.3. The van der Waals surface area contributed by atoms with Gasteiger partial charge in [-0.25, -0.2) is 23.9 Å². The van der Waals surface area contributed by atoms with Crippen LogP contribution in [0.3, 0.4) is 0 Å². The zero-order chi connectivity index (χ0) is 15.3. The molecule has 5 nitrogen and oxygen atoms in total. The predicted molar refractivity (Wildman–Crippen MR) is 85.1 cm³/mol. The zero-order valence-corrected chi connectivity index (χ0v) is 12.3. The number of nitrogens with zero attached hydrogens (tertiary/aromatic N) is 4. The molecular weight excluding hydrogens is 276 g/mol. The summed E-state index contributed by atoms with van der Waals surface area (Å²) in [6, 6.07) is 11.5. The lowest BCUT2D eigenvalue weighted by molar-refractivity contribution is 0.245. The van der Waals surface area contributed by atoms with Crippen LogP contribution in [-0.2, 0) is 0 Å². The summed E-state index contributed by atoms with van der Waals surface area (Å²) in [7, 11) is 0. The normalized spacial score (nSPS) is 11.4. The van der Waals surface area contributed by atoms with Gasteiger partial charge in [-0.15, -0.1) is 0 Å². The van der Waals surface area contributed by atoms with Crippen molar-refractivity contribution in [2.45, 2.75) is 13.8 Å². The van der Waals surface area contributed by atoms with Gasteiger partial charge >= 0.3 is 6.03 Å². The fourth-order valence-electron chi connectivity index (χ4n) is 2.67. The molecule has 2 aromatic carbocycles. The van der Waals surface area contributed by atoms with Crippen molar-refractivity contribution in [3.05, 3.63) is 60.2 Å². The number of aromatic nitrogens is 4. The predicted octanol–water partition coefficient (Wildman–Crippen LogP) is 3.52. The van der Waals surface area contributed by atoms with E-state index in [4.69, 9.17) is 0 Å². The average molecular weight is 290 g/mol. The van der Waals surface area contributed by atoms with Crippen molar-refractivity contribution < 1.29 is 4.79 Å². The molecule has 0 N–H and O–H groups in total. The van der Waals surface area contributed by atoms with Crippen molar-refractivity contribution >= 4 is 28.1 Å². The summed E-state index contributed by atoms with van der Waals surface area (Å²) < 4.78 is 3.10. The van der Waals surface area contributed by atoms with E-state index in [-0.39, 0.29) is 6.03 Å². The van der Waals surface area contributed by atoms with Gasteiger partial charge in [-0.05, 0) is 49.2 Å². The lowest BCUT2D eigenvalue weighted by Crippen LogP contribution is -2.17. The molecule has 0 atom stereocenters. The van der Waals surface area contributed by atoms with Crippen molar-refractivity contribution in [1.82, 2.24) is 19.1 Å². The van der Waals surface area contributed by atoms with Crippen LogP contribution in [0.15, 0.2) is 49.1 Å². The molecule has 4 aromatic rings. The van der Waals surface area contributed by atoms with Crippen molar-refractivity contribution in [3.63, 3.8) is 0 Å². The average Bonchev–Trinajstić information content (AvgIpc) is 3.09. The second kappa shape index (κ2) is 4.53. The topological polar surface area (TPSA) is 52.7 Å². The maximum atomic E-state index is 12.8. The standard InChI is InChI=1S/C17H14N4O/c1-11-3-5-15-13(7-11)18-9-20(15)17(22)21-10-19-14-8-12(2)4-6-16(14)21/h3-10H,1-2H3. The fourth-order valence-corrected chi connectivity index (χ4v) is 2.67. The molecule has 0 aliphatic heterocycles. The van der Waals surface area contributed by atoms with E-state index in [1.54, 1.807) is 21.8 Å². The smallest absolute Gasteiger partial charge is 0.250 e. The highest BCUT2D eigenvalue weighted by molar-refractivity contribution is 5.95. The van der Waals surface area contributed by atoms with Crippen molar-refractivity contribution in [2.24, 2.45) is 0 Å². The van der Waals surface area contributed by atoms with Crippen LogP contribution in [0.1, 0.15) is 11.1 Å². The first-order valence-electron chi connectivity index (χ1n) is 7.05. The Bertz CT molecular complexity index is 944. The van der Waals surface area contributed by atoms with Crippen LogP contribution < -0.4 is 0 Å². The van der Waals surface area contributed by atoms with Crippen LogP contribution >= 0.6 is 0 Å². The van der Waals surface area contributed by atoms with Gasteiger partial charge in [0.2, 0.25) is 0 Å². The summed E-state index contributed by atoms with van der Waals surface area (Å²) >= 11 is 0. The first-order chi connectivity index (χ1) is 10.6. The van der Waals surface area contributed by atoms with Gasteiger partial charge in [0.25, 0.3) is 0 Å². The number of imidazole rings is 2. The van der Waals surface area contributed by atoms with Gasteiger partial charge in [-0.2, -0.15) is 0 Å². The summed E-state index contributed by atoms with van der Waals surface area (Å²) in [5.74, 6) is 0. The van der Waals surface area contributed by atoms with Crippen molar-refractivity contribution in [1.29, 1.82) is 0 Å². The van der Waals surface area contributed by atoms with Crippen molar-refractivity contribution in [3.8, 4) is 0 Å². The molecule has 0 amide bonds. The largest absolute Gasteiger partial charge is 0.339 e. The molecule has 0 radical (unpaired) electrons. The van der Waals surface area contributed by atoms with E-state index in [0.29, 0.717) is 0 Å². The first-order valence-corrected chi connectivity index (χ1v) is 7.05. The van der Waals surface area contributed by atoms with Gasteiger partial charge in [0.15, 0.2) is 0 Å². The van der Waals surface area contributed by atoms with E-state index < -0.39 is 0 Å². The van der Waals surface area contributed by atoms with Gasteiger partial charge in [-0.3, -0.25) is 0 Å². The van der Waals surface area contributed by atoms with E-state index in [0.717, 1.165) is 33.2 Å². The lowest BCUT2D eigenvalue weighted by Gasteiger charge is -2.05. The highest BCUT2D eigenvalue weighted by Crippen LogP contribution is 2.18. The molecule has 0 bridgehead atoms. The van der Waals surface area contributed by atoms with Gasteiger partial charge in [-0.1, -0.05) is 12.1 Å². The molecular formula is C17H14N4O. The van der Waals surface area contributed by atoms with Crippen LogP contribution in [0.25, 0.3) is 22.1 Å². The molecule has 0 fully saturated rings. The molecule has 0 aliphatic rings. The van der Waals surface area contributed by atoms with Gasteiger partial charge in [0.1, 0.15) is 12.7 Å². The van der Waals surface area contributed by atoms with E-state index >= 15 is 0 Å². The Morgan fingerprint density at radius 1 is 0.818 bits per heavy atom. The highest BCUT2D eigenvalue weighted by atomic mass is 16.2. The molecule has 4 rings (SSSR count). The Morgan fingerprint density at radius 2 is 1.27 bits per heavy atom. The minimum atomic E-state index is -0.183. The Morgan fingerprint density at radius 3 is 1.73 bits per heavy atom. The molecule has 0 unspecified atom stereocenters. The second-order valence-electron chi connectivity index (χ2n) is 5.50. The molecule has 0 aliphatic carbocycles. The molecule has 0 spiro atoms. The number of rotatable bonds is 0. The molecule has 0 saturated carbocycles. The van der Waals surface area contributed by atoms with Gasteiger partial charge in [0, 0.05) is 0 Å². The summed E-state index contributed by atoms with van der Waals surface area (Å²) in [5.41, 5.74) is 5.46. The lowest BCUT2D eigenvalue weighted by atomic mass is 10.2. The minimum Gasteiger partial charge on any atom is -0.250 e. The molecule has 108 valence electrons. The van der Waals surface area contributed by atoms with Crippen molar-refractivity contribution in [2.75, 3.05) is 0 Å². The Labute approximate surface area is 126 Å². The van der Waals surface area contributed by atoms with Crippen LogP contribution in [0.2, 0.25) is 0 Å². The third-order valence-corrected chi connectivity index (χ3v) is 3.82. The third-order valence-electron chi connectivity index (χ3n) is 3.82. The number of fused-ring (bicyclic) bond motifs is 2. The van der Waals surface area contributed by atoms with Crippen LogP contribution in [-0.4, -0.2) is 25.1 Å². The highest BCUT2D eigenvalue weighted by Gasteiger charge is 2.15. The number of carbonyl (C=O) groups excluding carboxylic acids is 1. The van der Waals surface area contributed by atoms with E-state index in [9.17, 15) is 4.79 Å². The number of carbonyl (C=O) groups is 1. The van der Waals surface area contributed by atoms with Gasteiger partial charge < -0.3 is 0 Å². The number of hydrogen-bond donors (Lipinski definition) is 0. The summed E-state index contributed by atoms with van der Waals surface area (Å²) in [5, 5.41) is 0. The van der Waals surface area contributed by atoms with Crippen LogP contribution in [0, 0.1) is 13.8 Å². The quantitative estimate of drug-likeness (QED) is 0.498.